The van der Waals surface area contributed by atoms with Gasteiger partial charge >= 0.3 is 0 Å². The van der Waals surface area contributed by atoms with Crippen LogP contribution in [0.5, 0.6) is 0 Å². The van der Waals surface area contributed by atoms with Crippen LogP contribution in [0.1, 0.15) is 19.3 Å². The van der Waals surface area contributed by atoms with Crippen molar-refractivity contribution in [2.24, 2.45) is 11.8 Å². The molecule has 4 heteroatoms. The highest BCUT2D eigenvalue weighted by Gasteiger charge is 2.26. The molecule has 88 valence electrons. The highest BCUT2D eigenvalue weighted by molar-refractivity contribution is 6.33. The van der Waals surface area contributed by atoms with Gasteiger partial charge in [0, 0.05) is 25.5 Å². The molecule has 0 radical (unpaired) electrons. The van der Waals surface area contributed by atoms with Crippen molar-refractivity contribution in [2.75, 3.05) is 18.5 Å². The maximum Gasteiger partial charge on any atom is 0.0820 e. The fourth-order valence-corrected chi connectivity index (χ4v) is 2.57. The Hall–Kier alpha value is -0.800. The first-order valence-corrected chi connectivity index (χ1v) is 6.13. The summed E-state index contributed by atoms with van der Waals surface area (Å²) in [5, 5.41) is 13.2. The number of hydrogen-bond acceptors (Lipinski definition) is 3. The number of halogens is 1. The summed E-state index contributed by atoms with van der Waals surface area (Å²) in [5.74, 6) is 1.02. The third kappa shape index (κ3) is 2.66. The zero-order valence-corrected chi connectivity index (χ0v) is 9.95. The second-order valence-electron chi connectivity index (χ2n) is 4.37. The lowest BCUT2D eigenvalue weighted by atomic mass is 9.97. The molecule has 1 aromatic rings. The molecule has 2 unspecified atom stereocenters. The molecular weight excluding hydrogens is 224 g/mol. The zero-order chi connectivity index (χ0) is 11.4. The van der Waals surface area contributed by atoms with Crippen molar-refractivity contribution in [3.05, 3.63) is 23.5 Å². The molecule has 0 bridgehead atoms. The molecule has 1 aliphatic rings. The maximum absolute atomic E-state index is 9.22. The summed E-state index contributed by atoms with van der Waals surface area (Å²) in [7, 11) is 0. The van der Waals surface area contributed by atoms with E-state index in [1.807, 2.05) is 6.07 Å². The first-order chi connectivity index (χ1) is 7.81. The molecule has 16 heavy (non-hydrogen) atoms. The molecule has 0 amide bonds. The molecule has 3 nitrogen and oxygen atoms in total. The van der Waals surface area contributed by atoms with Gasteiger partial charge in [-0.1, -0.05) is 18.0 Å². The minimum Gasteiger partial charge on any atom is -0.396 e. The Morgan fingerprint density at radius 2 is 2.25 bits per heavy atom. The highest BCUT2D eigenvalue weighted by Crippen LogP contribution is 2.32. The van der Waals surface area contributed by atoms with E-state index < -0.39 is 0 Å². The number of aliphatic hydroxyl groups is 1. The van der Waals surface area contributed by atoms with Gasteiger partial charge < -0.3 is 10.4 Å². The van der Waals surface area contributed by atoms with E-state index in [-0.39, 0.29) is 0 Å². The first-order valence-electron chi connectivity index (χ1n) is 5.75. The lowest BCUT2D eigenvalue weighted by Gasteiger charge is -2.18. The zero-order valence-electron chi connectivity index (χ0n) is 9.19. The van der Waals surface area contributed by atoms with E-state index in [0.29, 0.717) is 23.5 Å². The molecule has 2 N–H and O–H groups in total. The van der Waals surface area contributed by atoms with E-state index in [2.05, 4.69) is 10.3 Å². The molecule has 0 aromatic carbocycles. The second kappa shape index (κ2) is 5.51. The number of aromatic nitrogens is 1. The topological polar surface area (TPSA) is 45.1 Å². The van der Waals surface area contributed by atoms with Crippen molar-refractivity contribution in [1.82, 2.24) is 4.98 Å². The normalized spacial score (nSPS) is 24.6. The quantitative estimate of drug-likeness (QED) is 0.850. The van der Waals surface area contributed by atoms with Gasteiger partial charge in [0.05, 0.1) is 10.7 Å². The van der Waals surface area contributed by atoms with Crippen molar-refractivity contribution >= 4 is 17.3 Å². The minimum atomic E-state index is 0.302. The second-order valence-corrected chi connectivity index (χ2v) is 4.78. The Bertz CT molecular complexity index is 346. The van der Waals surface area contributed by atoms with E-state index in [4.69, 9.17) is 11.6 Å². The van der Waals surface area contributed by atoms with Gasteiger partial charge in [0.25, 0.3) is 0 Å². The summed E-state index contributed by atoms with van der Waals surface area (Å²) in [6.07, 6.45) is 6.93. The van der Waals surface area contributed by atoms with Crippen molar-refractivity contribution in [3.63, 3.8) is 0 Å². The number of nitrogens with zero attached hydrogens (tertiary/aromatic N) is 1. The van der Waals surface area contributed by atoms with Crippen LogP contribution < -0.4 is 5.32 Å². The standard InChI is InChI=1S/C12H17ClN2O/c13-11-7-14-5-4-12(11)15-6-9-2-1-3-10(9)8-16/h4-5,7,9-10,16H,1-3,6,8H2,(H,14,15). The Labute approximate surface area is 101 Å². The van der Waals surface area contributed by atoms with Crippen LogP contribution in [0.2, 0.25) is 5.02 Å². The lowest BCUT2D eigenvalue weighted by Crippen LogP contribution is -2.20. The van der Waals surface area contributed by atoms with Gasteiger partial charge in [0.15, 0.2) is 0 Å². The number of rotatable bonds is 4. The summed E-state index contributed by atoms with van der Waals surface area (Å²) in [6, 6.07) is 1.88. The number of nitrogens with one attached hydrogen (secondary N) is 1. The van der Waals surface area contributed by atoms with Gasteiger partial charge in [-0.15, -0.1) is 0 Å². The Morgan fingerprint density at radius 1 is 1.44 bits per heavy atom. The molecule has 1 aromatic heterocycles. The number of pyridine rings is 1. The maximum atomic E-state index is 9.22. The number of anilines is 1. The van der Waals surface area contributed by atoms with Crippen molar-refractivity contribution < 1.29 is 5.11 Å². The Morgan fingerprint density at radius 3 is 3.00 bits per heavy atom. The van der Waals surface area contributed by atoms with Crippen LogP contribution in [0, 0.1) is 11.8 Å². The Balaban J connectivity index is 1.90. The summed E-state index contributed by atoms with van der Waals surface area (Å²) in [4.78, 5) is 3.94. The molecule has 1 fully saturated rings. The van der Waals surface area contributed by atoms with Crippen LogP contribution in [0.25, 0.3) is 0 Å². The van der Waals surface area contributed by atoms with Gasteiger partial charge in [0.2, 0.25) is 0 Å². The molecule has 1 heterocycles. The van der Waals surface area contributed by atoms with Crippen molar-refractivity contribution in [1.29, 1.82) is 0 Å². The van der Waals surface area contributed by atoms with Crippen LogP contribution >= 0.6 is 11.6 Å². The lowest BCUT2D eigenvalue weighted by molar-refractivity contribution is 0.199. The van der Waals surface area contributed by atoms with Gasteiger partial charge in [-0.2, -0.15) is 0 Å². The van der Waals surface area contributed by atoms with Crippen LogP contribution in [-0.2, 0) is 0 Å². The number of aliphatic hydroxyl groups excluding tert-OH is 1. The van der Waals surface area contributed by atoms with Gasteiger partial charge in [-0.3, -0.25) is 4.98 Å². The van der Waals surface area contributed by atoms with Crippen LogP contribution in [-0.4, -0.2) is 23.2 Å². The highest BCUT2D eigenvalue weighted by atomic mass is 35.5. The van der Waals surface area contributed by atoms with E-state index in [1.165, 1.54) is 12.8 Å². The van der Waals surface area contributed by atoms with Gasteiger partial charge in [-0.25, -0.2) is 0 Å². The summed E-state index contributed by atoms with van der Waals surface area (Å²) in [5.41, 5.74) is 0.931. The first kappa shape index (κ1) is 11.7. The van der Waals surface area contributed by atoms with E-state index in [9.17, 15) is 5.11 Å². The fourth-order valence-electron chi connectivity index (χ4n) is 2.38. The van der Waals surface area contributed by atoms with E-state index >= 15 is 0 Å². The van der Waals surface area contributed by atoms with E-state index in [0.717, 1.165) is 18.7 Å². The summed E-state index contributed by atoms with van der Waals surface area (Å²) >= 11 is 6.01. The average Bonchev–Trinajstić information content (AvgIpc) is 2.75. The molecule has 0 aliphatic heterocycles. The predicted octanol–water partition coefficient (Wildman–Crippen LogP) is 2.56. The van der Waals surface area contributed by atoms with Crippen molar-refractivity contribution in [2.45, 2.75) is 19.3 Å². The fraction of sp³-hybridized carbons (Fsp3) is 0.583. The summed E-state index contributed by atoms with van der Waals surface area (Å²) < 4.78 is 0. The Kier molecular flexibility index (Phi) is 4.02. The van der Waals surface area contributed by atoms with Crippen LogP contribution in [0.15, 0.2) is 18.5 Å². The van der Waals surface area contributed by atoms with Gasteiger partial charge in [0.1, 0.15) is 0 Å². The largest absolute Gasteiger partial charge is 0.396 e. The molecule has 2 rings (SSSR count). The SMILES string of the molecule is OCC1CCCC1CNc1ccncc1Cl. The van der Waals surface area contributed by atoms with Crippen molar-refractivity contribution in [3.8, 4) is 0 Å². The third-order valence-corrected chi connectivity index (χ3v) is 3.68. The molecule has 2 atom stereocenters. The minimum absolute atomic E-state index is 0.302. The molecular formula is C12H17ClN2O. The number of hydrogen-bond donors (Lipinski definition) is 2. The van der Waals surface area contributed by atoms with Crippen LogP contribution in [0.4, 0.5) is 5.69 Å². The molecule has 0 saturated heterocycles. The van der Waals surface area contributed by atoms with Gasteiger partial charge in [-0.05, 0) is 30.7 Å². The molecule has 1 saturated carbocycles. The van der Waals surface area contributed by atoms with E-state index in [1.54, 1.807) is 12.4 Å². The summed E-state index contributed by atoms with van der Waals surface area (Å²) in [6.45, 7) is 1.19. The smallest absolute Gasteiger partial charge is 0.0820 e. The molecule has 0 spiro atoms. The monoisotopic (exact) mass is 240 g/mol. The predicted molar refractivity (Wildman–Crippen MR) is 65.7 cm³/mol. The average molecular weight is 241 g/mol. The molecule has 1 aliphatic carbocycles. The van der Waals surface area contributed by atoms with Crippen LogP contribution in [0.3, 0.4) is 0 Å². The third-order valence-electron chi connectivity index (χ3n) is 3.38.